The quantitative estimate of drug-likeness (QED) is 0.872. The molecule has 1 atom stereocenters. The Morgan fingerprint density at radius 3 is 2.32 bits per heavy atom. The van der Waals surface area contributed by atoms with Crippen LogP contribution in [0.5, 0.6) is 0 Å². The number of rotatable bonds is 5. The first-order chi connectivity index (χ1) is 8.73. The van der Waals surface area contributed by atoms with Gasteiger partial charge in [0, 0.05) is 30.9 Å². The number of nitrogens with zero attached hydrogens (tertiary/aromatic N) is 3. The van der Waals surface area contributed by atoms with E-state index in [0.717, 1.165) is 17.0 Å². The van der Waals surface area contributed by atoms with Crippen LogP contribution < -0.4 is 0 Å². The van der Waals surface area contributed by atoms with Gasteiger partial charge in [0.25, 0.3) is 0 Å². The van der Waals surface area contributed by atoms with Crippen LogP contribution in [0.15, 0.2) is 0 Å². The molecule has 0 aliphatic heterocycles. The van der Waals surface area contributed by atoms with Gasteiger partial charge in [-0.05, 0) is 34.6 Å². The zero-order valence-electron chi connectivity index (χ0n) is 12.8. The predicted octanol–water partition coefficient (Wildman–Crippen LogP) is 1.20. The van der Waals surface area contributed by atoms with E-state index in [4.69, 9.17) is 0 Å². The van der Waals surface area contributed by atoms with E-state index >= 15 is 0 Å². The molecule has 0 saturated carbocycles. The molecule has 1 aromatic heterocycles. The van der Waals surface area contributed by atoms with E-state index in [-0.39, 0.29) is 11.9 Å². The minimum atomic E-state index is -0.512. The number of aliphatic hydroxyl groups is 1. The molecule has 0 aliphatic rings. The molecule has 1 amide bonds. The predicted molar refractivity (Wildman–Crippen MR) is 74.9 cm³/mol. The van der Waals surface area contributed by atoms with Crippen molar-refractivity contribution in [1.29, 1.82) is 0 Å². The summed E-state index contributed by atoms with van der Waals surface area (Å²) in [6.07, 6.45) is -0.168. The second kappa shape index (κ2) is 6.19. The molecule has 0 spiro atoms. The van der Waals surface area contributed by atoms with E-state index in [1.807, 2.05) is 34.7 Å². The Bertz CT molecular complexity index is 450. The number of aromatic nitrogens is 2. The van der Waals surface area contributed by atoms with Gasteiger partial charge in [-0.2, -0.15) is 5.10 Å². The number of amides is 1. The van der Waals surface area contributed by atoms with Gasteiger partial charge in [-0.1, -0.05) is 0 Å². The minimum absolute atomic E-state index is 0.0371. The van der Waals surface area contributed by atoms with Gasteiger partial charge < -0.3 is 10.0 Å². The van der Waals surface area contributed by atoms with Crippen LogP contribution in [0.3, 0.4) is 0 Å². The Morgan fingerprint density at radius 1 is 1.37 bits per heavy atom. The fourth-order valence-electron chi connectivity index (χ4n) is 2.21. The molecular weight excluding hydrogens is 242 g/mol. The lowest BCUT2D eigenvalue weighted by Gasteiger charge is -2.28. The monoisotopic (exact) mass is 267 g/mol. The molecule has 1 N–H and O–H groups in total. The molecule has 1 aromatic rings. The summed E-state index contributed by atoms with van der Waals surface area (Å²) in [6, 6.07) is 0.0828. The Hall–Kier alpha value is -1.36. The lowest BCUT2D eigenvalue weighted by Crippen LogP contribution is -2.42. The van der Waals surface area contributed by atoms with Crippen molar-refractivity contribution in [3.63, 3.8) is 0 Å². The average Bonchev–Trinajstić information content (AvgIpc) is 2.52. The van der Waals surface area contributed by atoms with Crippen LogP contribution in [0.1, 0.15) is 37.7 Å². The maximum Gasteiger partial charge on any atom is 0.227 e. The Morgan fingerprint density at radius 2 is 1.95 bits per heavy atom. The molecule has 1 rings (SSSR count). The van der Waals surface area contributed by atoms with Crippen LogP contribution in [0.25, 0.3) is 0 Å². The van der Waals surface area contributed by atoms with Crippen molar-refractivity contribution in [3.8, 4) is 0 Å². The maximum absolute atomic E-state index is 12.4. The van der Waals surface area contributed by atoms with Crippen molar-refractivity contribution < 1.29 is 9.90 Å². The lowest BCUT2D eigenvalue weighted by molar-refractivity contribution is -0.133. The van der Waals surface area contributed by atoms with Gasteiger partial charge in [-0.25, -0.2) is 0 Å². The zero-order valence-corrected chi connectivity index (χ0v) is 12.8. The summed E-state index contributed by atoms with van der Waals surface area (Å²) >= 11 is 0. The average molecular weight is 267 g/mol. The number of carbonyl (C=O) groups excluding carboxylic acids is 1. The van der Waals surface area contributed by atoms with Crippen molar-refractivity contribution in [3.05, 3.63) is 17.0 Å². The summed E-state index contributed by atoms with van der Waals surface area (Å²) in [5.74, 6) is 0.0371. The Balaban J connectivity index is 2.87. The number of aryl methyl sites for hydroxylation is 2. The molecule has 5 heteroatoms. The van der Waals surface area contributed by atoms with Gasteiger partial charge in [0.1, 0.15) is 0 Å². The standard InChI is InChI=1S/C14H25N3O2/c1-9(2)17(8-10(3)18)14(19)7-13-11(4)15-16(6)12(13)5/h9-10,18H,7-8H2,1-6H3. The molecule has 0 aromatic carbocycles. The van der Waals surface area contributed by atoms with E-state index in [9.17, 15) is 9.90 Å². The summed E-state index contributed by atoms with van der Waals surface area (Å²) < 4.78 is 1.80. The molecule has 19 heavy (non-hydrogen) atoms. The third-order valence-electron chi connectivity index (χ3n) is 3.39. The molecular formula is C14H25N3O2. The second-order valence-corrected chi connectivity index (χ2v) is 5.44. The van der Waals surface area contributed by atoms with Crippen molar-refractivity contribution in [1.82, 2.24) is 14.7 Å². The third kappa shape index (κ3) is 3.80. The number of aliphatic hydroxyl groups excluding tert-OH is 1. The molecule has 1 heterocycles. The second-order valence-electron chi connectivity index (χ2n) is 5.44. The molecule has 108 valence electrons. The fraction of sp³-hybridized carbons (Fsp3) is 0.714. The largest absolute Gasteiger partial charge is 0.392 e. The van der Waals surface area contributed by atoms with Gasteiger partial charge in [-0.15, -0.1) is 0 Å². The number of hydrogen-bond donors (Lipinski definition) is 1. The van der Waals surface area contributed by atoms with Crippen molar-refractivity contribution in [2.75, 3.05) is 6.54 Å². The SMILES string of the molecule is Cc1nn(C)c(C)c1CC(=O)N(CC(C)O)C(C)C. The lowest BCUT2D eigenvalue weighted by atomic mass is 10.1. The van der Waals surface area contributed by atoms with Crippen LogP contribution in [0.4, 0.5) is 0 Å². The highest BCUT2D eigenvalue weighted by Crippen LogP contribution is 2.15. The van der Waals surface area contributed by atoms with E-state index in [2.05, 4.69) is 5.10 Å². The fourth-order valence-corrected chi connectivity index (χ4v) is 2.21. The van der Waals surface area contributed by atoms with Crippen LogP contribution in [0, 0.1) is 13.8 Å². The molecule has 1 unspecified atom stereocenters. The van der Waals surface area contributed by atoms with E-state index in [1.165, 1.54) is 0 Å². The summed E-state index contributed by atoms with van der Waals surface area (Å²) in [7, 11) is 1.88. The van der Waals surface area contributed by atoms with Gasteiger partial charge in [0.05, 0.1) is 18.2 Å². The molecule has 0 bridgehead atoms. The summed E-state index contributed by atoms with van der Waals surface area (Å²) in [5, 5.41) is 13.8. The van der Waals surface area contributed by atoms with Crippen LogP contribution in [-0.4, -0.2) is 44.4 Å². The number of hydrogen-bond acceptors (Lipinski definition) is 3. The summed E-state index contributed by atoms with van der Waals surface area (Å²) in [5.41, 5.74) is 2.91. The third-order valence-corrected chi connectivity index (χ3v) is 3.39. The maximum atomic E-state index is 12.4. The first-order valence-corrected chi connectivity index (χ1v) is 6.70. The minimum Gasteiger partial charge on any atom is -0.392 e. The van der Waals surface area contributed by atoms with E-state index in [0.29, 0.717) is 13.0 Å². The highest BCUT2D eigenvalue weighted by atomic mass is 16.3. The normalized spacial score (nSPS) is 12.8. The van der Waals surface area contributed by atoms with Gasteiger partial charge in [0.2, 0.25) is 5.91 Å². The van der Waals surface area contributed by atoms with E-state index < -0.39 is 6.10 Å². The summed E-state index contributed by atoms with van der Waals surface area (Å²) in [4.78, 5) is 14.1. The first kappa shape index (κ1) is 15.7. The Kier molecular flexibility index (Phi) is 5.11. The first-order valence-electron chi connectivity index (χ1n) is 6.70. The smallest absolute Gasteiger partial charge is 0.227 e. The topological polar surface area (TPSA) is 58.4 Å². The van der Waals surface area contributed by atoms with Gasteiger partial charge >= 0.3 is 0 Å². The van der Waals surface area contributed by atoms with Crippen LogP contribution in [-0.2, 0) is 18.3 Å². The van der Waals surface area contributed by atoms with Crippen LogP contribution in [0.2, 0.25) is 0 Å². The molecule has 0 fully saturated rings. The van der Waals surface area contributed by atoms with Crippen molar-refractivity contribution in [2.24, 2.45) is 7.05 Å². The number of carbonyl (C=O) groups is 1. The molecule has 0 radical (unpaired) electrons. The highest BCUT2D eigenvalue weighted by Gasteiger charge is 2.21. The van der Waals surface area contributed by atoms with Crippen molar-refractivity contribution >= 4 is 5.91 Å². The summed E-state index contributed by atoms with van der Waals surface area (Å²) in [6.45, 7) is 9.88. The van der Waals surface area contributed by atoms with E-state index in [1.54, 1.807) is 16.5 Å². The molecule has 0 aliphatic carbocycles. The van der Waals surface area contributed by atoms with Gasteiger partial charge in [0.15, 0.2) is 0 Å². The zero-order chi connectivity index (χ0) is 14.7. The van der Waals surface area contributed by atoms with Crippen molar-refractivity contribution in [2.45, 2.75) is 53.2 Å². The highest BCUT2D eigenvalue weighted by molar-refractivity contribution is 5.79. The molecule has 5 nitrogen and oxygen atoms in total. The Labute approximate surface area is 115 Å². The molecule has 0 saturated heterocycles. The van der Waals surface area contributed by atoms with Crippen LogP contribution >= 0.6 is 0 Å². The van der Waals surface area contributed by atoms with Gasteiger partial charge in [-0.3, -0.25) is 9.48 Å².